The Kier molecular flexibility index (Phi) is 2.27. The summed E-state index contributed by atoms with van der Waals surface area (Å²) in [4.78, 5) is 0. The molecule has 0 saturated heterocycles. The van der Waals surface area contributed by atoms with Crippen molar-refractivity contribution in [3.05, 3.63) is 59.4 Å². The molecule has 0 fully saturated rings. The lowest BCUT2D eigenvalue weighted by Crippen LogP contribution is -1.96. The standard InChI is InChI=1S/C13H10O2S/c14-13(9-5-6-15-7-9)11-8-16-12-4-2-1-3-10(11)12/h1-8,13-14H. The zero-order valence-electron chi connectivity index (χ0n) is 8.46. The monoisotopic (exact) mass is 230 g/mol. The molecule has 3 aromatic rings. The van der Waals surface area contributed by atoms with Gasteiger partial charge in [0.25, 0.3) is 0 Å². The molecule has 1 unspecified atom stereocenters. The van der Waals surface area contributed by atoms with E-state index in [1.165, 1.54) is 4.70 Å². The van der Waals surface area contributed by atoms with Crippen LogP contribution in [-0.4, -0.2) is 5.11 Å². The molecule has 3 heteroatoms. The molecule has 80 valence electrons. The average Bonchev–Trinajstić information content (AvgIpc) is 2.98. The molecule has 0 aliphatic carbocycles. The fourth-order valence-electron chi connectivity index (χ4n) is 1.82. The van der Waals surface area contributed by atoms with Crippen LogP contribution in [0.4, 0.5) is 0 Å². The van der Waals surface area contributed by atoms with Gasteiger partial charge in [0.1, 0.15) is 6.10 Å². The molecule has 1 N–H and O–H groups in total. The molecule has 0 bridgehead atoms. The zero-order valence-corrected chi connectivity index (χ0v) is 9.28. The summed E-state index contributed by atoms with van der Waals surface area (Å²) >= 11 is 1.65. The molecule has 2 nitrogen and oxygen atoms in total. The van der Waals surface area contributed by atoms with Gasteiger partial charge in [0.15, 0.2) is 0 Å². The van der Waals surface area contributed by atoms with Gasteiger partial charge in [-0.3, -0.25) is 0 Å². The number of fused-ring (bicyclic) bond motifs is 1. The summed E-state index contributed by atoms with van der Waals surface area (Å²) in [5, 5.41) is 13.3. The van der Waals surface area contributed by atoms with Crippen LogP contribution in [0.3, 0.4) is 0 Å². The number of aliphatic hydroxyl groups excluding tert-OH is 1. The lowest BCUT2D eigenvalue weighted by atomic mass is 10.0. The third kappa shape index (κ3) is 1.45. The summed E-state index contributed by atoms with van der Waals surface area (Å²) in [6.45, 7) is 0. The van der Waals surface area contributed by atoms with Gasteiger partial charge < -0.3 is 9.52 Å². The van der Waals surface area contributed by atoms with E-state index in [-0.39, 0.29) is 0 Å². The van der Waals surface area contributed by atoms with Crippen LogP contribution in [-0.2, 0) is 0 Å². The first-order valence-electron chi connectivity index (χ1n) is 5.02. The van der Waals surface area contributed by atoms with Crippen molar-refractivity contribution in [1.82, 2.24) is 0 Å². The maximum Gasteiger partial charge on any atom is 0.109 e. The van der Waals surface area contributed by atoms with Gasteiger partial charge in [-0.1, -0.05) is 18.2 Å². The maximum absolute atomic E-state index is 10.2. The number of benzene rings is 1. The quantitative estimate of drug-likeness (QED) is 0.730. The molecule has 2 heterocycles. The summed E-state index contributed by atoms with van der Waals surface area (Å²) in [6, 6.07) is 9.88. The van der Waals surface area contributed by atoms with Gasteiger partial charge in [-0.2, -0.15) is 0 Å². The molecule has 2 aromatic heterocycles. The predicted octanol–water partition coefficient (Wildman–Crippen LogP) is 3.58. The fraction of sp³-hybridized carbons (Fsp3) is 0.0769. The number of rotatable bonds is 2. The van der Waals surface area contributed by atoms with Crippen molar-refractivity contribution in [1.29, 1.82) is 0 Å². The maximum atomic E-state index is 10.2. The van der Waals surface area contributed by atoms with E-state index in [9.17, 15) is 5.11 Å². The molecule has 16 heavy (non-hydrogen) atoms. The van der Waals surface area contributed by atoms with Crippen LogP contribution in [0.1, 0.15) is 17.2 Å². The van der Waals surface area contributed by atoms with Gasteiger partial charge >= 0.3 is 0 Å². The van der Waals surface area contributed by atoms with Crippen molar-refractivity contribution in [3.63, 3.8) is 0 Å². The summed E-state index contributed by atoms with van der Waals surface area (Å²) in [7, 11) is 0. The number of hydrogen-bond donors (Lipinski definition) is 1. The highest BCUT2D eigenvalue weighted by molar-refractivity contribution is 7.17. The van der Waals surface area contributed by atoms with Crippen molar-refractivity contribution in [3.8, 4) is 0 Å². The SMILES string of the molecule is OC(c1ccoc1)c1csc2ccccc12. The van der Waals surface area contributed by atoms with E-state index in [2.05, 4.69) is 6.07 Å². The second-order valence-corrected chi connectivity index (χ2v) is 4.56. The van der Waals surface area contributed by atoms with Crippen molar-refractivity contribution in [2.45, 2.75) is 6.10 Å². The van der Waals surface area contributed by atoms with Crippen LogP contribution < -0.4 is 0 Å². The van der Waals surface area contributed by atoms with E-state index < -0.39 is 6.10 Å². The zero-order chi connectivity index (χ0) is 11.0. The smallest absolute Gasteiger partial charge is 0.109 e. The Balaban J connectivity index is 2.12. The predicted molar refractivity (Wildman–Crippen MR) is 64.6 cm³/mol. The summed E-state index contributed by atoms with van der Waals surface area (Å²) < 4.78 is 6.18. The minimum absolute atomic E-state index is 0.602. The second kappa shape index (κ2) is 3.77. The summed E-state index contributed by atoms with van der Waals surface area (Å²) in [5.41, 5.74) is 1.74. The van der Waals surface area contributed by atoms with Gasteiger partial charge in [-0.05, 0) is 22.9 Å². The van der Waals surface area contributed by atoms with Crippen molar-refractivity contribution < 1.29 is 9.52 Å². The molecule has 1 aromatic carbocycles. The highest BCUT2D eigenvalue weighted by Crippen LogP contribution is 2.33. The number of aliphatic hydroxyl groups is 1. The molecule has 0 amide bonds. The number of furan rings is 1. The highest BCUT2D eigenvalue weighted by Gasteiger charge is 2.15. The first-order chi connectivity index (χ1) is 7.86. The Bertz CT molecular complexity index is 595. The minimum atomic E-state index is -0.602. The van der Waals surface area contributed by atoms with Crippen molar-refractivity contribution in [2.75, 3.05) is 0 Å². The van der Waals surface area contributed by atoms with Crippen LogP contribution in [0.25, 0.3) is 10.1 Å². The molecule has 0 aliphatic rings. The van der Waals surface area contributed by atoms with Gasteiger partial charge in [0.2, 0.25) is 0 Å². The number of hydrogen-bond acceptors (Lipinski definition) is 3. The first-order valence-corrected chi connectivity index (χ1v) is 5.90. The third-order valence-electron chi connectivity index (χ3n) is 2.66. The number of thiophene rings is 1. The minimum Gasteiger partial charge on any atom is -0.472 e. The molecule has 1 atom stereocenters. The molecule has 0 aliphatic heterocycles. The van der Waals surface area contributed by atoms with E-state index in [1.54, 1.807) is 29.9 Å². The van der Waals surface area contributed by atoms with E-state index in [1.807, 2.05) is 23.6 Å². The summed E-state index contributed by atoms with van der Waals surface area (Å²) in [5.74, 6) is 0. The van der Waals surface area contributed by atoms with Crippen LogP contribution in [0.15, 0.2) is 52.7 Å². The first kappa shape index (κ1) is 9.63. The lowest BCUT2D eigenvalue weighted by Gasteiger charge is -2.06. The Morgan fingerprint density at radius 3 is 2.88 bits per heavy atom. The molecular weight excluding hydrogens is 220 g/mol. The van der Waals surface area contributed by atoms with Crippen LogP contribution in [0, 0.1) is 0 Å². The van der Waals surface area contributed by atoms with Crippen molar-refractivity contribution >= 4 is 21.4 Å². The highest BCUT2D eigenvalue weighted by atomic mass is 32.1. The van der Waals surface area contributed by atoms with E-state index in [4.69, 9.17) is 4.42 Å². The third-order valence-corrected chi connectivity index (χ3v) is 3.65. The van der Waals surface area contributed by atoms with Gasteiger partial charge in [0.05, 0.1) is 12.5 Å². The largest absolute Gasteiger partial charge is 0.472 e. The van der Waals surface area contributed by atoms with Crippen LogP contribution in [0.2, 0.25) is 0 Å². The van der Waals surface area contributed by atoms with Gasteiger partial charge in [-0.15, -0.1) is 11.3 Å². The molecular formula is C13H10O2S. The van der Waals surface area contributed by atoms with E-state index >= 15 is 0 Å². The van der Waals surface area contributed by atoms with E-state index in [0.717, 1.165) is 16.5 Å². The van der Waals surface area contributed by atoms with Crippen LogP contribution in [0.5, 0.6) is 0 Å². The van der Waals surface area contributed by atoms with Gasteiger partial charge in [-0.25, -0.2) is 0 Å². The molecule has 0 spiro atoms. The summed E-state index contributed by atoms with van der Waals surface area (Å²) in [6.07, 6.45) is 2.56. The van der Waals surface area contributed by atoms with Crippen LogP contribution >= 0.6 is 11.3 Å². The molecule has 0 radical (unpaired) electrons. The Hall–Kier alpha value is -1.58. The normalized spacial score (nSPS) is 13.1. The lowest BCUT2D eigenvalue weighted by molar-refractivity contribution is 0.221. The molecule has 3 rings (SSSR count). The van der Waals surface area contributed by atoms with Crippen molar-refractivity contribution in [2.24, 2.45) is 0 Å². The average molecular weight is 230 g/mol. The molecule has 0 saturated carbocycles. The Labute approximate surface area is 96.8 Å². The topological polar surface area (TPSA) is 33.4 Å². The second-order valence-electron chi connectivity index (χ2n) is 3.65. The Morgan fingerprint density at radius 2 is 2.06 bits per heavy atom. The Morgan fingerprint density at radius 1 is 1.19 bits per heavy atom. The van der Waals surface area contributed by atoms with Gasteiger partial charge in [0, 0.05) is 15.8 Å². The van der Waals surface area contributed by atoms with E-state index in [0.29, 0.717) is 0 Å². The fourth-order valence-corrected chi connectivity index (χ4v) is 2.80.